The van der Waals surface area contributed by atoms with Crippen molar-refractivity contribution in [1.29, 1.82) is 0 Å². The number of hydrogen-bond acceptors (Lipinski definition) is 3. The first kappa shape index (κ1) is 14.2. The largest absolute Gasteiger partial charge is 0.311 e. The van der Waals surface area contributed by atoms with E-state index in [1.807, 2.05) is 29.9 Å². The maximum Gasteiger partial charge on any atom is 0.0739 e. The van der Waals surface area contributed by atoms with Gasteiger partial charge in [-0.15, -0.1) is 0 Å². The van der Waals surface area contributed by atoms with E-state index in [9.17, 15) is 0 Å². The molecule has 2 aromatic rings. The van der Waals surface area contributed by atoms with Gasteiger partial charge in [-0.1, -0.05) is 6.07 Å². The van der Waals surface area contributed by atoms with Gasteiger partial charge in [0.05, 0.1) is 15.9 Å². The van der Waals surface area contributed by atoms with Gasteiger partial charge in [-0.2, -0.15) is 5.10 Å². The highest BCUT2D eigenvalue weighted by Gasteiger charge is 2.11. The molecule has 2 heterocycles. The van der Waals surface area contributed by atoms with Gasteiger partial charge in [-0.25, -0.2) is 0 Å². The number of rotatable bonds is 6. The van der Waals surface area contributed by atoms with Crippen molar-refractivity contribution in [3.8, 4) is 0 Å². The minimum Gasteiger partial charge on any atom is -0.311 e. The third kappa shape index (κ3) is 3.64. The van der Waals surface area contributed by atoms with E-state index in [4.69, 9.17) is 0 Å². The van der Waals surface area contributed by atoms with Crippen LogP contribution in [0, 0.1) is 6.92 Å². The quantitative estimate of drug-likeness (QED) is 0.831. The normalized spacial score (nSPS) is 10.9. The number of halogens is 1. The topological polar surface area (TPSA) is 42.7 Å². The Balaban J connectivity index is 1.86. The minimum absolute atomic E-state index is 0.822. The Bertz CT molecular complexity index is 522. The van der Waals surface area contributed by atoms with Crippen LogP contribution in [0.15, 0.2) is 28.9 Å². The number of nitrogens with one attached hydrogen (secondary N) is 1. The minimum atomic E-state index is 0.822. The van der Waals surface area contributed by atoms with E-state index in [0.29, 0.717) is 0 Å². The maximum absolute atomic E-state index is 4.48. The molecule has 5 heteroatoms. The van der Waals surface area contributed by atoms with E-state index in [0.717, 1.165) is 41.9 Å². The summed E-state index contributed by atoms with van der Waals surface area (Å²) in [6.07, 6.45) is 2.78. The highest BCUT2D eigenvalue weighted by atomic mass is 79.9. The lowest BCUT2D eigenvalue weighted by Gasteiger charge is -2.07. The number of hydrogen-bond donors (Lipinski definition) is 1. The predicted octanol–water partition coefficient (Wildman–Crippen LogP) is 2.70. The van der Waals surface area contributed by atoms with Crippen LogP contribution in [0.2, 0.25) is 0 Å². The predicted molar refractivity (Wildman–Crippen MR) is 80.0 cm³/mol. The van der Waals surface area contributed by atoms with Gasteiger partial charge in [0.25, 0.3) is 0 Å². The molecule has 0 aliphatic rings. The molecule has 0 aromatic carbocycles. The Morgan fingerprint density at radius 2 is 2.21 bits per heavy atom. The molecule has 0 aliphatic heterocycles. The van der Waals surface area contributed by atoms with Crippen molar-refractivity contribution in [3.63, 3.8) is 0 Å². The molecule has 2 rings (SSSR count). The van der Waals surface area contributed by atoms with Gasteiger partial charge in [0, 0.05) is 37.9 Å². The van der Waals surface area contributed by atoms with Crippen LogP contribution in [0.25, 0.3) is 0 Å². The van der Waals surface area contributed by atoms with Crippen LogP contribution in [-0.4, -0.2) is 21.3 Å². The summed E-state index contributed by atoms with van der Waals surface area (Å²) in [5, 5.41) is 7.93. The van der Waals surface area contributed by atoms with Crippen molar-refractivity contribution < 1.29 is 0 Å². The Morgan fingerprint density at radius 1 is 1.37 bits per heavy atom. The summed E-state index contributed by atoms with van der Waals surface area (Å²) < 4.78 is 3.15. The third-order valence-corrected chi connectivity index (χ3v) is 4.06. The molecule has 0 unspecified atom stereocenters. The van der Waals surface area contributed by atoms with Gasteiger partial charge in [0.1, 0.15) is 0 Å². The molecule has 102 valence electrons. The zero-order valence-electron chi connectivity index (χ0n) is 11.4. The van der Waals surface area contributed by atoms with Crippen LogP contribution in [-0.2, 0) is 19.5 Å². The zero-order chi connectivity index (χ0) is 13.7. The van der Waals surface area contributed by atoms with Gasteiger partial charge >= 0.3 is 0 Å². The molecular weight excluding hydrogens is 304 g/mol. The Hall–Kier alpha value is -1.20. The van der Waals surface area contributed by atoms with E-state index >= 15 is 0 Å². The van der Waals surface area contributed by atoms with E-state index in [1.165, 1.54) is 5.69 Å². The van der Waals surface area contributed by atoms with E-state index in [2.05, 4.69) is 44.3 Å². The number of pyridine rings is 1. The second kappa shape index (κ2) is 6.82. The van der Waals surface area contributed by atoms with Crippen LogP contribution >= 0.6 is 15.9 Å². The molecular formula is C14H19BrN4. The Labute approximate surface area is 122 Å². The van der Waals surface area contributed by atoms with Crippen LogP contribution in [0.5, 0.6) is 0 Å². The fourth-order valence-corrected chi connectivity index (χ4v) is 2.43. The average Bonchev–Trinajstić information content (AvgIpc) is 2.72. The lowest BCUT2D eigenvalue weighted by Crippen LogP contribution is -2.19. The lowest BCUT2D eigenvalue weighted by atomic mass is 10.2. The van der Waals surface area contributed by atoms with Crippen molar-refractivity contribution in [1.82, 2.24) is 20.1 Å². The molecule has 0 radical (unpaired) electrons. The van der Waals surface area contributed by atoms with E-state index < -0.39 is 0 Å². The van der Waals surface area contributed by atoms with Crippen LogP contribution < -0.4 is 5.32 Å². The SMILES string of the molecule is CCn1nc(C)c(Br)c1CNCCc1ccccn1. The number of aryl methyl sites for hydroxylation is 2. The maximum atomic E-state index is 4.48. The number of nitrogens with zero attached hydrogens (tertiary/aromatic N) is 3. The molecule has 0 fully saturated rings. The second-order valence-electron chi connectivity index (χ2n) is 4.41. The molecule has 0 spiro atoms. The van der Waals surface area contributed by atoms with Crippen molar-refractivity contribution in [2.75, 3.05) is 6.54 Å². The summed E-state index contributed by atoms with van der Waals surface area (Å²) in [4.78, 5) is 4.31. The molecule has 1 N–H and O–H groups in total. The average molecular weight is 323 g/mol. The smallest absolute Gasteiger partial charge is 0.0739 e. The molecule has 0 amide bonds. The van der Waals surface area contributed by atoms with Crippen molar-refractivity contribution in [3.05, 3.63) is 46.0 Å². The Kier molecular flexibility index (Phi) is 5.10. The zero-order valence-corrected chi connectivity index (χ0v) is 12.9. The van der Waals surface area contributed by atoms with Crippen LogP contribution in [0.4, 0.5) is 0 Å². The first-order valence-electron chi connectivity index (χ1n) is 6.54. The number of aromatic nitrogens is 3. The molecule has 0 saturated carbocycles. The summed E-state index contributed by atoms with van der Waals surface area (Å²) in [7, 11) is 0. The molecule has 0 atom stereocenters. The summed E-state index contributed by atoms with van der Waals surface area (Å²) >= 11 is 3.60. The molecule has 0 aliphatic carbocycles. The van der Waals surface area contributed by atoms with Gasteiger partial charge < -0.3 is 5.32 Å². The molecule has 19 heavy (non-hydrogen) atoms. The summed E-state index contributed by atoms with van der Waals surface area (Å²) in [5.41, 5.74) is 3.37. The highest BCUT2D eigenvalue weighted by Crippen LogP contribution is 2.20. The summed E-state index contributed by atoms with van der Waals surface area (Å²) in [5.74, 6) is 0. The van der Waals surface area contributed by atoms with Gasteiger partial charge in [0.2, 0.25) is 0 Å². The fourth-order valence-electron chi connectivity index (χ4n) is 2.01. The first-order valence-corrected chi connectivity index (χ1v) is 7.34. The third-order valence-electron chi connectivity index (χ3n) is 3.03. The van der Waals surface area contributed by atoms with Crippen molar-refractivity contribution in [2.45, 2.75) is 33.4 Å². The van der Waals surface area contributed by atoms with Crippen molar-refractivity contribution >= 4 is 15.9 Å². The summed E-state index contributed by atoms with van der Waals surface area (Å²) in [6, 6.07) is 6.02. The highest BCUT2D eigenvalue weighted by molar-refractivity contribution is 9.10. The molecule has 0 bridgehead atoms. The molecule has 2 aromatic heterocycles. The van der Waals surface area contributed by atoms with Gasteiger partial charge in [-0.3, -0.25) is 9.67 Å². The second-order valence-corrected chi connectivity index (χ2v) is 5.20. The van der Waals surface area contributed by atoms with E-state index in [-0.39, 0.29) is 0 Å². The monoisotopic (exact) mass is 322 g/mol. The molecule has 0 saturated heterocycles. The van der Waals surface area contributed by atoms with Gasteiger partial charge in [0.15, 0.2) is 0 Å². The van der Waals surface area contributed by atoms with Crippen molar-refractivity contribution in [2.24, 2.45) is 0 Å². The van der Waals surface area contributed by atoms with Crippen LogP contribution in [0.1, 0.15) is 24.0 Å². The Morgan fingerprint density at radius 3 is 2.89 bits per heavy atom. The van der Waals surface area contributed by atoms with Gasteiger partial charge in [-0.05, 0) is 41.9 Å². The first-order chi connectivity index (χ1) is 9.22. The standard InChI is InChI=1S/C14H19BrN4/c1-3-19-13(14(15)11(2)18-19)10-16-9-7-12-6-4-5-8-17-12/h4-6,8,16H,3,7,9-10H2,1-2H3. The van der Waals surface area contributed by atoms with E-state index in [1.54, 1.807) is 0 Å². The summed E-state index contributed by atoms with van der Waals surface area (Å²) in [6.45, 7) is 6.76. The fraction of sp³-hybridized carbons (Fsp3) is 0.429. The lowest BCUT2D eigenvalue weighted by molar-refractivity contribution is 0.577. The molecule has 4 nitrogen and oxygen atoms in total. The van der Waals surface area contributed by atoms with Crippen LogP contribution in [0.3, 0.4) is 0 Å².